The summed E-state index contributed by atoms with van der Waals surface area (Å²) in [5.74, 6) is 1.38. The van der Waals surface area contributed by atoms with Crippen molar-refractivity contribution in [3.05, 3.63) is 29.6 Å². The van der Waals surface area contributed by atoms with Crippen LogP contribution in [0.2, 0.25) is 0 Å². The van der Waals surface area contributed by atoms with Crippen LogP contribution in [0.25, 0.3) is 11.3 Å². The molecule has 1 aromatic carbocycles. The fourth-order valence-corrected chi connectivity index (χ4v) is 5.76. The predicted octanol–water partition coefficient (Wildman–Crippen LogP) is 3.99. The number of aromatic nitrogens is 1. The second kappa shape index (κ2) is 7.75. The minimum Gasteiger partial charge on any atom is -0.494 e. The number of thiazole rings is 1. The van der Waals surface area contributed by atoms with Gasteiger partial charge in [-0.05, 0) is 44.0 Å². The van der Waals surface area contributed by atoms with E-state index in [1.54, 1.807) is 16.7 Å². The zero-order chi connectivity index (χ0) is 19.7. The third-order valence-electron chi connectivity index (χ3n) is 5.10. The molecule has 1 N–H and O–H groups in total. The number of hydrogen-bond acceptors (Lipinski definition) is 6. The largest absolute Gasteiger partial charge is 0.494 e. The van der Waals surface area contributed by atoms with Gasteiger partial charge in [-0.3, -0.25) is 9.59 Å². The summed E-state index contributed by atoms with van der Waals surface area (Å²) in [7, 11) is 0. The molecule has 2 amide bonds. The number of carbonyl (C=O) groups excluding carboxylic acids is 2. The van der Waals surface area contributed by atoms with Crippen LogP contribution in [-0.4, -0.2) is 45.0 Å². The number of ether oxygens (including phenoxy) is 1. The number of hydrogen-bond donors (Lipinski definition) is 1. The molecule has 0 spiro atoms. The minimum atomic E-state index is -0.424. The second-order valence-corrected chi connectivity index (χ2v) is 9.53. The number of thioether (sulfide) groups is 1. The van der Waals surface area contributed by atoms with Crippen molar-refractivity contribution in [2.24, 2.45) is 0 Å². The lowest BCUT2D eigenvalue weighted by molar-refractivity contribution is -0.135. The summed E-state index contributed by atoms with van der Waals surface area (Å²) in [5.41, 5.74) is 1.78. The van der Waals surface area contributed by atoms with Gasteiger partial charge in [0.25, 0.3) is 0 Å². The Kier molecular flexibility index (Phi) is 5.33. The Hall–Kier alpha value is -2.06. The first kappa shape index (κ1) is 19.3. The van der Waals surface area contributed by atoms with Gasteiger partial charge in [0.05, 0.1) is 17.2 Å². The van der Waals surface area contributed by atoms with Gasteiger partial charge in [0.2, 0.25) is 11.8 Å². The number of anilines is 1. The zero-order valence-corrected chi connectivity index (χ0v) is 17.6. The van der Waals surface area contributed by atoms with Crippen molar-refractivity contribution in [3.63, 3.8) is 0 Å². The van der Waals surface area contributed by atoms with E-state index in [1.165, 1.54) is 11.3 Å². The minimum absolute atomic E-state index is 0.0675. The molecule has 6 nitrogen and oxygen atoms in total. The van der Waals surface area contributed by atoms with Gasteiger partial charge in [-0.25, -0.2) is 4.98 Å². The first-order valence-electron chi connectivity index (χ1n) is 9.46. The molecule has 0 unspecified atom stereocenters. The molecule has 0 saturated carbocycles. The molecule has 4 rings (SSSR count). The highest BCUT2D eigenvalue weighted by molar-refractivity contribution is 8.01. The highest BCUT2D eigenvalue weighted by Crippen LogP contribution is 2.47. The Balaban J connectivity index is 1.42. The summed E-state index contributed by atoms with van der Waals surface area (Å²) in [4.78, 5) is 31.0. The molecule has 28 heavy (non-hydrogen) atoms. The highest BCUT2D eigenvalue weighted by atomic mass is 32.2. The molecule has 2 fully saturated rings. The summed E-state index contributed by atoms with van der Waals surface area (Å²) in [6.45, 7) is 4.82. The van der Waals surface area contributed by atoms with Gasteiger partial charge in [-0.2, -0.15) is 0 Å². The van der Waals surface area contributed by atoms with Crippen LogP contribution in [0.3, 0.4) is 0 Å². The fourth-order valence-electron chi connectivity index (χ4n) is 3.61. The van der Waals surface area contributed by atoms with Crippen molar-refractivity contribution in [1.82, 2.24) is 9.88 Å². The summed E-state index contributed by atoms with van der Waals surface area (Å²) in [6, 6.07) is 7.37. The van der Waals surface area contributed by atoms with Gasteiger partial charge in [0.1, 0.15) is 11.8 Å². The van der Waals surface area contributed by atoms with E-state index in [0.717, 1.165) is 29.8 Å². The number of rotatable bonds is 6. The van der Waals surface area contributed by atoms with Gasteiger partial charge in [0.15, 0.2) is 5.13 Å². The number of benzene rings is 1. The van der Waals surface area contributed by atoms with Gasteiger partial charge in [-0.15, -0.1) is 23.1 Å². The average Bonchev–Trinajstić information content (AvgIpc) is 3.36. The van der Waals surface area contributed by atoms with E-state index in [9.17, 15) is 9.59 Å². The summed E-state index contributed by atoms with van der Waals surface area (Å²) < 4.78 is 5.60. The van der Waals surface area contributed by atoms with E-state index in [4.69, 9.17) is 4.74 Å². The third-order valence-corrected chi connectivity index (χ3v) is 7.37. The Bertz CT molecular complexity index is 883. The molecular weight excluding hydrogens is 394 g/mol. The maximum absolute atomic E-state index is 12.8. The molecule has 2 saturated heterocycles. The number of fused-ring (bicyclic) bond motifs is 1. The Morgan fingerprint density at radius 2 is 2.18 bits per heavy atom. The molecule has 2 atom stereocenters. The van der Waals surface area contributed by atoms with Crippen molar-refractivity contribution in [1.29, 1.82) is 0 Å². The molecule has 2 aromatic rings. The lowest BCUT2D eigenvalue weighted by Gasteiger charge is -2.29. The first-order chi connectivity index (χ1) is 13.5. The quantitative estimate of drug-likeness (QED) is 0.769. The van der Waals surface area contributed by atoms with Crippen molar-refractivity contribution in [2.45, 2.75) is 44.0 Å². The SMILES string of the molecule is CCCOc1ccc(-c2csc(NC(=O)[C@H]3CS[C@@]4(C)CCC(=O)N34)n2)cc1. The third kappa shape index (κ3) is 3.63. The lowest BCUT2D eigenvalue weighted by Crippen LogP contribution is -2.48. The highest BCUT2D eigenvalue weighted by Gasteiger charge is 2.52. The predicted molar refractivity (Wildman–Crippen MR) is 113 cm³/mol. The van der Waals surface area contributed by atoms with Crippen molar-refractivity contribution in [2.75, 3.05) is 17.7 Å². The summed E-state index contributed by atoms with van der Waals surface area (Å²) in [5, 5.41) is 5.38. The van der Waals surface area contributed by atoms with Crippen LogP contribution in [0.4, 0.5) is 5.13 Å². The van der Waals surface area contributed by atoms with Crippen molar-refractivity contribution >= 4 is 40.0 Å². The number of amides is 2. The number of nitrogens with zero attached hydrogens (tertiary/aromatic N) is 2. The Morgan fingerprint density at radius 3 is 2.93 bits per heavy atom. The van der Waals surface area contributed by atoms with Crippen LogP contribution in [0, 0.1) is 0 Å². The zero-order valence-electron chi connectivity index (χ0n) is 15.9. The Labute approximate surface area is 172 Å². The normalized spacial score (nSPS) is 23.7. The monoisotopic (exact) mass is 417 g/mol. The average molecular weight is 418 g/mol. The van der Waals surface area contributed by atoms with Crippen LogP contribution in [0.1, 0.15) is 33.1 Å². The van der Waals surface area contributed by atoms with Gasteiger partial charge in [-0.1, -0.05) is 6.92 Å². The molecule has 2 aliphatic heterocycles. The van der Waals surface area contributed by atoms with E-state index in [0.29, 0.717) is 23.9 Å². The second-order valence-electron chi connectivity index (χ2n) is 7.17. The van der Waals surface area contributed by atoms with Crippen molar-refractivity contribution < 1.29 is 14.3 Å². The molecule has 3 heterocycles. The van der Waals surface area contributed by atoms with Crippen LogP contribution in [0.5, 0.6) is 5.75 Å². The molecule has 0 radical (unpaired) electrons. The summed E-state index contributed by atoms with van der Waals surface area (Å²) in [6.07, 6.45) is 2.30. The van der Waals surface area contributed by atoms with E-state index in [1.807, 2.05) is 36.6 Å². The van der Waals surface area contributed by atoms with Crippen LogP contribution in [-0.2, 0) is 9.59 Å². The molecule has 0 aliphatic carbocycles. The number of nitrogens with one attached hydrogen (secondary N) is 1. The molecular formula is C20H23N3O3S2. The standard InChI is InChI=1S/C20H23N3O3S2/c1-3-10-26-14-6-4-13(5-7-14)15-11-27-19(21-15)22-18(25)16-12-28-20(2)9-8-17(24)23(16)20/h4-7,11,16H,3,8-10,12H2,1-2H3,(H,21,22,25)/t16-,20+/m1/s1. The fraction of sp³-hybridized carbons (Fsp3) is 0.450. The molecule has 1 aromatic heterocycles. The van der Waals surface area contributed by atoms with E-state index in [-0.39, 0.29) is 16.7 Å². The topological polar surface area (TPSA) is 71.5 Å². The molecule has 148 valence electrons. The van der Waals surface area contributed by atoms with Gasteiger partial charge in [0, 0.05) is 23.1 Å². The maximum atomic E-state index is 12.8. The lowest BCUT2D eigenvalue weighted by atomic mass is 10.2. The first-order valence-corrected chi connectivity index (χ1v) is 11.3. The molecule has 2 aliphatic rings. The molecule has 8 heteroatoms. The van der Waals surface area contributed by atoms with Crippen LogP contribution in [0.15, 0.2) is 29.6 Å². The smallest absolute Gasteiger partial charge is 0.249 e. The van der Waals surface area contributed by atoms with Crippen LogP contribution < -0.4 is 10.1 Å². The van der Waals surface area contributed by atoms with E-state index >= 15 is 0 Å². The van der Waals surface area contributed by atoms with Gasteiger partial charge < -0.3 is 15.0 Å². The van der Waals surface area contributed by atoms with Crippen molar-refractivity contribution in [3.8, 4) is 17.0 Å². The summed E-state index contributed by atoms with van der Waals surface area (Å²) >= 11 is 3.08. The van der Waals surface area contributed by atoms with E-state index < -0.39 is 6.04 Å². The van der Waals surface area contributed by atoms with Crippen LogP contribution >= 0.6 is 23.1 Å². The molecule has 0 bridgehead atoms. The van der Waals surface area contributed by atoms with Gasteiger partial charge >= 0.3 is 0 Å². The van der Waals surface area contributed by atoms with E-state index in [2.05, 4.69) is 17.2 Å². The maximum Gasteiger partial charge on any atom is 0.249 e. The number of carbonyl (C=O) groups is 2. The Morgan fingerprint density at radius 1 is 1.39 bits per heavy atom.